The number of piperidine rings is 1. The molecule has 0 spiro atoms. The summed E-state index contributed by atoms with van der Waals surface area (Å²) >= 11 is 0. The Morgan fingerprint density at radius 3 is 2.60 bits per heavy atom. The van der Waals surface area contributed by atoms with E-state index in [0.717, 1.165) is 18.6 Å². The van der Waals surface area contributed by atoms with Crippen molar-refractivity contribution < 1.29 is 12.9 Å². The lowest BCUT2D eigenvalue weighted by Gasteiger charge is -2.28. The monoisotopic (exact) mass is 230 g/mol. The van der Waals surface area contributed by atoms with Crippen molar-refractivity contribution in [2.45, 2.75) is 18.8 Å². The van der Waals surface area contributed by atoms with Gasteiger partial charge in [-0.05, 0) is 12.8 Å². The van der Waals surface area contributed by atoms with E-state index in [0.29, 0.717) is 19.0 Å². The third-order valence-corrected chi connectivity index (χ3v) is 4.09. The smallest absolute Gasteiger partial charge is 0.211 e. The first-order valence-corrected chi connectivity index (χ1v) is 6.78. The van der Waals surface area contributed by atoms with Crippen LogP contribution in [0.1, 0.15) is 24.5 Å². The van der Waals surface area contributed by atoms with Gasteiger partial charge in [-0.3, -0.25) is 0 Å². The number of sulfonamides is 1. The largest absolute Gasteiger partial charge is 0.361 e. The first-order chi connectivity index (χ1) is 7.07. The maximum Gasteiger partial charge on any atom is 0.211 e. The Bertz CT molecular complexity index is 405. The van der Waals surface area contributed by atoms with Gasteiger partial charge in [0.2, 0.25) is 10.0 Å². The highest BCUT2D eigenvalue weighted by atomic mass is 32.2. The van der Waals surface area contributed by atoms with Gasteiger partial charge >= 0.3 is 0 Å². The van der Waals surface area contributed by atoms with Crippen molar-refractivity contribution >= 4 is 10.0 Å². The van der Waals surface area contributed by atoms with Crippen LogP contribution in [0.25, 0.3) is 0 Å². The zero-order chi connectivity index (χ0) is 10.9. The second kappa shape index (κ2) is 3.94. The summed E-state index contributed by atoms with van der Waals surface area (Å²) in [4.78, 5) is 0. The highest BCUT2D eigenvalue weighted by Gasteiger charge is 2.27. The molecule has 0 atom stereocenters. The fraction of sp³-hybridized carbons (Fsp3) is 0.667. The summed E-state index contributed by atoms with van der Waals surface area (Å²) in [5, 5.41) is 3.66. The van der Waals surface area contributed by atoms with Gasteiger partial charge in [0.15, 0.2) is 0 Å². The maximum absolute atomic E-state index is 11.3. The predicted molar refractivity (Wildman–Crippen MR) is 54.9 cm³/mol. The molecule has 0 unspecified atom stereocenters. The van der Waals surface area contributed by atoms with Crippen LogP contribution in [-0.4, -0.2) is 37.2 Å². The predicted octanol–water partition coefficient (Wildman–Crippen LogP) is 0.814. The average molecular weight is 230 g/mol. The zero-order valence-electron chi connectivity index (χ0n) is 8.59. The maximum atomic E-state index is 11.3. The Balaban J connectivity index is 1.99. The van der Waals surface area contributed by atoms with Crippen molar-refractivity contribution in [1.82, 2.24) is 9.46 Å². The molecule has 0 bridgehead atoms. The van der Waals surface area contributed by atoms with Crippen LogP contribution in [-0.2, 0) is 10.0 Å². The Hall–Kier alpha value is -0.880. The molecule has 84 valence electrons. The lowest BCUT2D eigenvalue weighted by Crippen LogP contribution is -2.37. The van der Waals surface area contributed by atoms with Gasteiger partial charge in [-0.25, -0.2) is 12.7 Å². The van der Waals surface area contributed by atoms with E-state index < -0.39 is 10.0 Å². The quantitative estimate of drug-likeness (QED) is 0.754. The third kappa shape index (κ3) is 2.38. The van der Waals surface area contributed by atoms with Crippen LogP contribution in [0.4, 0.5) is 0 Å². The molecule has 2 heterocycles. The summed E-state index contributed by atoms with van der Waals surface area (Å²) in [5.41, 5.74) is 0. The molecule has 0 radical (unpaired) electrons. The van der Waals surface area contributed by atoms with Crippen LogP contribution in [0.15, 0.2) is 16.8 Å². The molecule has 15 heavy (non-hydrogen) atoms. The number of hydrogen-bond donors (Lipinski definition) is 0. The van der Waals surface area contributed by atoms with Crippen molar-refractivity contribution in [3.05, 3.63) is 18.0 Å². The number of nitrogens with zero attached hydrogens (tertiary/aromatic N) is 2. The summed E-state index contributed by atoms with van der Waals surface area (Å²) in [6, 6.07) is 1.85. The molecule has 1 saturated heterocycles. The second-order valence-electron chi connectivity index (χ2n) is 3.85. The summed E-state index contributed by atoms with van der Waals surface area (Å²) in [6.07, 6.45) is 4.49. The lowest BCUT2D eigenvalue weighted by atomic mass is 9.96. The standard InChI is InChI=1S/C9H14N2O3S/c1-15(12,13)11-6-3-8(4-7-11)9-2-5-10-14-9/h2,5,8H,3-4,6-7H2,1H3. The zero-order valence-corrected chi connectivity index (χ0v) is 9.40. The Morgan fingerprint density at radius 1 is 1.47 bits per heavy atom. The molecule has 5 nitrogen and oxygen atoms in total. The van der Waals surface area contributed by atoms with Gasteiger partial charge in [-0.15, -0.1) is 0 Å². The van der Waals surface area contributed by atoms with Crippen LogP contribution in [0, 0.1) is 0 Å². The molecular formula is C9H14N2O3S. The van der Waals surface area contributed by atoms with Gasteiger partial charge in [0.05, 0.1) is 12.5 Å². The van der Waals surface area contributed by atoms with E-state index in [9.17, 15) is 8.42 Å². The van der Waals surface area contributed by atoms with Gasteiger partial charge in [0, 0.05) is 25.1 Å². The average Bonchev–Trinajstić information content (AvgIpc) is 2.69. The van der Waals surface area contributed by atoms with Crippen molar-refractivity contribution in [3.63, 3.8) is 0 Å². The normalized spacial score (nSPS) is 20.6. The Kier molecular flexibility index (Phi) is 2.79. The van der Waals surface area contributed by atoms with Crippen LogP contribution in [0.3, 0.4) is 0 Å². The van der Waals surface area contributed by atoms with Gasteiger partial charge in [-0.2, -0.15) is 0 Å². The number of rotatable bonds is 2. The molecule has 0 amide bonds. The summed E-state index contributed by atoms with van der Waals surface area (Å²) in [6.45, 7) is 1.15. The molecule has 1 fully saturated rings. The van der Waals surface area contributed by atoms with E-state index in [1.165, 1.54) is 10.6 Å². The van der Waals surface area contributed by atoms with Gasteiger partial charge in [-0.1, -0.05) is 5.16 Å². The number of aromatic nitrogens is 1. The van der Waals surface area contributed by atoms with Crippen molar-refractivity contribution in [3.8, 4) is 0 Å². The molecule has 2 rings (SSSR count). The molecular weight excluding hydrogens is 216 g/mol. The van der Waals surface area contributed by atoms with E-state index in [4.69, 9.17) is 4.52 Å². The highest BCUT2D eigenvalue weighted by Crippen LogP contribution is 2.28. The summed E-state index contributed by atoms with van der Waals surface area (Å²) in [5.74, 6) is 1.17. The van der Waals surface area contributed by atoms with E-state index in [1.54, 1.807) is 6.20 Å². The minimum absolute atomic E-state index is 0.311. The van der Waals surface area contributed by atoms with Crippen molar-refractivity contribution in [1.29, 1.82) is 0 Å². The third-order valence-electron chi connectivity index (χ3n) is 2.78. The topological polar surface area (TPSA) is 63.4 Å². The van der Waals surface area contributed by atoms with E-state index in [-0.39, 0.29) is 0 Å². The fourth-order valence-corrected chi connectivity index (χ4v) is 2.78. The van der Waals surface area contributed by atoms with Gasteiger partial charge < -0.3 is 4.52 Å². The summed E-state index contributed by atoms with van der Waals surface area (Å²) < 4.78 is 29.1. The van der Waals surface area contributed by atoms with Crippen LogP contribution < -0.4 is 0 Å². The summed E-state index contributed by atoms with van der Waals surface area (Å²) in [7, 11) is -3.03. The van der Waals surface area contributed by atoms with Crippen LogP contribution in [0.2, 0.25) is 0 Å². The molecule has 6 heteroatoms. The molecule has 0 saturated carbocycles. The number of hydrogen-bond acceptors (Lipinski definition) is 4. The van der Waals surface area contributed by atoms with Gasteiger partial charge in [0.1, 0.15) is 5.76 Å². The van der Waals surface area contributed by atoms with Crippen LogP contribution in [0.5, 0.6) is 0 Å². The van der Waals surface area contributed by atoms with E-state index in [1.807, 2.05) is 6.07 Å². The van der Waals surface area contributed by atoms with E-state index in [2.05, 4.69) is 5.16 Å². The molecule has 0 aliphatic carbocycles. The lowest BCUT2D eigenvalue weighted by molar-refractivity contribution is 0.277. The highest BCUT2D eigenvalue weighted by molar-refractivity contribution is 7.88. The van der Waals surface area contributed by atoms with Crippen LogP contribution >= 0.6 is 0 Å². The Labute approximate surface area is 89.1 Å². The second-order valence-corrected chi connectivity index (χ2v) is 5.83. The Morgan fingerprint density at radius 2 is 2.13 bits per heavy atom. The molecule has 1 aromatic heterocycles. The fourth-order valence-electron chi connectivity index (χ4n) is 1.91. The van der Waals surface area contributed by atoms with Crippen molar-refractivity contribution in [2.75, 3.05) is 19.3 Å². The van der Waals surface area contributed by atoms with Crippen molar-refractivity contribution in [2.24, 2.45) is 0 Å². The molecule has 1 aromatic rings. The minimum atomic E-state index is -3.03. The minimum Gasteiger partial charge on any atom is -0.361 e. The molecule has 0 aromatic carbocycles. The molecule has 1 aliphatic heterocycles. The van der Waals surface area contributed by atoms with Gasteiger partial charge in [0.25, 0.3) is 0 Å². The first kappa shape index (κ1) is 10.6. The molecule has 0 N–H and O–H groups in total. The van der Waals surface area contributed by atoms with E-state index >= 15 is 0 Å². The SMILES string of the molecule is CS(=O)(=O)N1CCC(c2ccno2)CC1. The molecule has 1 aliphatic rings. The first-order valence-electron chi connectivity index (χ1n) is 4.93.